The topological polar surface area (TPSA) is 36.4 Å². The van der Waals surface area contributed by atoms with E-state index in [1.807, 2.05) is 7.05 Å². The molecule has 0 aliphatic carbocycles. The molecule has 0 aliphatic rings. The molecule has 0 aromatic heterocycles. The fourth-order valence-electron chi connectivity index (χ4n) is 1.88. The number of rotatable bonds is 6. The molecule has 0 spiro atoms. The first kappa shape index (κ1) is 19.2. The van der Waals surface area contributed by atoms with E-state index in [4.69, 9.17) is 0 Å². The number of aliphatic imine (C=N–C) groups is 1. The molecular formula is C16H28IN3. The molecule has 2 N–H and O–H groups in total. The predicted octanol–water partition coefficient (Wildman–Crippen LogP) is 3.62. The van der Waals surface area contributed by atoms with Crippen LogP contribution in [0.2, 0.25) is 0 Å². The minimum Gasteiger partial charge on any atom is -0.356 e. The van der Waals surface area contributed by atoms with Crippen molar-refractivity contribution in [2.24, 2.45) is 10.9 Å². The van der Waals surface area contributed by atoms with Crippen LogP contribution in [0.5, 0.6) is 0 Å². The maximum absolute atomic E-state index is 4.22. The number of hydrogen-bond acceptors (Lipinski definition) is 1. The molecule has 0 bridgehead atoms. The van der Waals surface area contributed by atoms with Gasteiger partial charge in [0.05, 0.1) is 0 Å². The van der Waals surface area contributed by atoms with Crippen molar-refractivity contribution in [2.45, 2.75) is 33.1 Å². The third-order valence-electron chi connectivity index (χ3n) is 3.14. The molecule has 20 heavy (non-hydrogen) atoms. The molecule has 1 unspecified atom stereocenters. The van der Waals surface area contributed by atoms with E-state index in [1.54, 1.807) is 0 Å². The van der Waals surface area contributed by atoms with E-state index in [-0.39, 0.29) is 24.0 Å². The second-order valence-corrected chi connectivity index (χ2v) is 5.37. The molecule has 0 heterocycles. The largest absolute Gasteiger partial charge is 0.356 e. The highest BCUT2D eigenvalue weighted by Crippen LogP contribution is 2.17. The quantitative estimate of drug-likeness (QED) is 0.443. The summed E-state index contributed by atoms with van der Waals surface area (Å²) in [6.07, 6.45) is 1.10. The SMILES string of the molecule is CN=C(NCCC(C)c1ccccc1)NCC(C)C.I. The Morgan fingerprint density at radius 1 is 1.10 bits per heavy atom. The summed E-state index contributed by atoms with van der Waals surface area (Å²) >= 11 is 0. The van der Waals surface area contributed by atoms with Gasteiger partial charge in [0.1, 0.15) is 0 Å². The minimum absolute atomic E-state index is 0. The van der Waals surface area contributed by atoms with Crippen molar-refractivity contribution in [1.29, 1.82) is 0 Å². The van der Waals surface area contributed by atoms with Gasteiger partial charge in [-0.15, -0.1) is 24.0 Å². The van der Waals surface area contributed by atoms with Gasteiger partial charge in [-0.3, -0.25) is 4.99 Å². The lowest BCUT2D eigenvalue weighted by Crippen LogP contribution is -2.39. The summed E-state index contributed by atoms with van der Waals surface area (Å²) in [5, 5.41) is 6.69. The highest BCUT2D eigenvalue weighted by Gasteiger charge is 2.05. The van der Waals surface area contributed by atoms with Gasteiger partial charge >= 0.3 is 0 Å². The Kier molecular flexibility index (Phi) is 10.5. The van der Waals surface area contributed by atoms with Crippen molar-refractivity contribution in [3.63, 3.8) is 0 Å². The first-order valence-corrected chi connectivity index (χ1v) is 7.13. The van der Waals surface area contributed by atoms with Gasteiger partial charge in [0.25, 0.3) is 0 Å². The zero-order valence-electron chi connectivity index (χ0n) is 13.0. The van der Waals surface area contributed by atoms with Crippen LogP contribution in [0.4, 0.5) is 0 Å². The maximum Gasteiger partial charge on any atom is 0.190 e. The summed E-state index contributed by atoms with van der Waals surface area (Å²) in [6, 6.07) is 10.6. The molecule has 0 saturated carbocycles. The molecule has 0 amide bonds. The molecule has 0 radical (unpaired) electrons. The van der Waals surface area contributed by atoms with Crippen LogP contribution in [0.3, 0.4) is 0 Å². The average molecular weight is 389 g/mol. The third kappa shape index (κ3) is 7.72. The van der Waals surface area contributed by atoms with E-state index in [1.165, 1.54) is 5.56 Å². The minimum atomic E-state index is 0. The molecule has 1 rings (SSSR count). The molecular weight excluding hydrogens is 361 g/mol. The Balaban J connectivity index is 0.00000361. The molecule has 114 valence electrons. The van der Waals surface area contributed by atoms with Gasteiger partial charge in [-0.1, -0.05) is 51.1 Å². The number of hydrogen-bond donors (Lipinski definition) is 2. The van der Waals surface area contributed by atoms with Gasteiger partial charge in [-0.05, 0) is 23.8 Å². The van der Waals surface area contributed by atoms with Crippen LogP contribution in [-0.2, 0) is 0 Å². The molecule has 0 aliphatic heterocycles. The Labute approximate surface area is 140 Å². The highest BCUT2D eigenvalue weighted by molar-refractivity contribution is 14.0. The first-order chi connectivity index (χ1) is 9.13. The summed E-state index contributed by atoms with van der Waals surface area (Å²) in [7, 11) is 1.82. The average Bonchev–Trinajstić information content (AvgIpc) is 2.43. The lowest BCUT2D eigenvalue weighted by molar-refractivity contribution is 0.605. The van der Waals surface area contributed by atoms with Gasteiger partial charge in [0.15, 0.2) is 5.96 Å². The van der Waals surface area contributed by atoms with Crippen LogP contribution in [0.1, 0.15) is 38.7 Å². The molecule has 1 aromatic rings. The Morgan fingerprint density at radius 3 is 2.30 bits per heavy atom. The molecule has 0 fully saturated rings. The standard InChI is InChI=1S/C16H27N3.HI/c1-13(2)12-19-16(17-4)18-11-10-14(3)15-8-6-5-7-9-15;/h5-9,13-14H,10-12H2,1-4H3,(H2,17,18,19);1H. The van der Waals surface area contributed by atoms with Crippen LogP contribution >= 0.6 is 24.0 Å². The Morgan fingerprint density at radius 2 is 1.75 bits per heavy atom. The highest BCUT2D eigenvalue weighted by atomic mass is 127. The summed E-state index contributed by atoms with van der Waals surface area (Å²) < 4.78 is 0. The first-order valence-electron chi connectivity index (χ1n) is 7.13. The Bertz CT molecular complexity index is 377. The maximum atomic E-state index is 4.22. The van der Waals surface area contributed by atoms with Gasteiger partial charge in [0.2, 0.25) is 0 Å². The lowest BCUT2D eigenvalue weighted by Gasteiger charge is -2.16. The van der Waals surface area contributed by atoms with E-state index < -0.39 is 0 Å². The van der Waals surface area contributed by atoms with Crippen LogP contribution in [-0.4, -0.2) is 26.1 Å². The smallest absolute Gasteiger partial charge is 0.190 e. The van der Waals surface area contributed by atoms with Crippen LogP contribution in [0.25, 0.3) is 0 Å². The number of nitrogens with zero attached hydrogens (tertiary/aromatic N) is 1. The van der Waals surface area contributed by atoms with Crippen molar-refractivity contribution < 1.29 is 0 Å². The van der Waals surface area contributed by atoms with E-state index >= 15 is 0 Å². The molecule has 0 saturated heterocycles. The number of guanidine groups is 1. The third-order valence-corrected chi connectivity index (χ3v) is 3.14. The zero-order chi connectivity index (χ0) is 14.1. The van der Waals surface area contributed by atoms with Crippen molar-refractivity contribution in [3.05, 3.63) is 35.9 Å². The van der Waals surface area contributed by atoms with Crippen LogP contribution < -0.4 is 10.6 Å². The van der Waals surface area contributed by atoms with E-state index in [0.29, 0.717) is 11.8 Å². The monoisotopic (exact) mass is 389 g/mol. The van der Waals surface area contributed by atoms with E-state index in [9.17, 15) is 0 Å². The molecule has 1 atom stereocenters. The number of halogens is 1. The van der Waals surface area contributed by atoms with E-state index in [0.717, 1.165) is 25.5 Å². The van der Waals surface area contributed by atoms with Gasteiger partial charge in [0, 0.05) is 20.1 Å². The normalized spacial score (nSPS) is 12.8. The second-order valence-electron chi connectivity index (χ2n) is 5.37. The van der Waals surface area contributed by atoms with Crippen molar-refractivity contribution in [3.8, 4) is 0 Å². The molecule has 3 nitrogen and oxygen atoms in total. The Hall–Kier alpha value is -0.780. The van der Waals surface area contributed by atoms with Gasteiger partial charge < -0.3 is 10.6 Å². The van der Waals surface area contributed by atoms with Crippen LogP contribution in [0.15, 0.2) is 35.3 Å². The lowest BCUT2D eigenvalue weighted by atomic mass is 9.98. The summed E-state index contributed by atoms with van der Waals surface area (Å²) in [4.78, 5) is 4.22. The fraction of sp³-hybridized carbons (Fsp3) is 0.562. The zero-order valence-corrected chi connectivity index (χ0v) is 15.3. The van der Waals surface area contributed by atoms with Crippen molar-refractivity contribution in [2.75, 3.05) is 20.1 Å². The molecule has 1 aromatic carbocycles. The van der Waals surface area contributed by atoms with Gasteiger partial charge in [-0.25, -0.2) is 0 Å². The van der Waals surface area contributed by atoms with Crippen molar-refractivity contribution in [1.82, 2.24) is 10.6 Å². The van der Waals surface area contributed by atoms with Crippen LogP contribution in [0, 0.1) is 5.92 Å². The fourth-order valence-corrected chi connectivity index (χ4v) is 1.88. The number of benzene rings is 1. The van der Waals surface area contributed by atoms with Gasteiger partial charge in [-0.2, -0.15) is 0 Å². The summed E-state index contributed by atoms with van der Waals surface area (Å²) in [5.41, 5.74) is 1.40. The summed E-state index contributed by atoms with van der Waals surface area (Å²) in [6.45, 7) is 8.54. The molecule has 4 heteroatoms. The summed E-state index contributed by atoms with van der Waals surface area (Å²) in [5.74, 6) is 2.09. The predicted molar refractivity (Wildman–Crippen MR) is 99.1 cm³/mol. The van der Waals surface area contributed by atoms with E-state index in [2.05, 4.69) is 66.7 Å². The van der Waals surface area contributed by atoms with Crippen molar-refractivity contribution >= 4 is 29.9 Å². The second kappa shape index (κ2) is 10.9. The number of nitrogens with one attached hydrogen (secondary N) is 2.